The fourth-order valence-corrected chi connectivity index (χ4v) is 4.25. The third-order valence-corrected chi connectivity index (χ3v) is 5.58. The third-order valence-electron chi connectivity index (χ3n) is 4.68. The molecule has 0 aromatic carbocycles. The average molecular weight is 309 g/mol. The van der Waals surface area contributed by atoms with E-state index in [0.717, 1.165) is 43.2 Å². The van der Waals surface area contributed by atoms with E-state index in [1.54, 1.807) is 30.3 Å². The van der Waals surface area contributed by atoms with Crippen LogP contribution in [0.25, 0.3) is 0 Å². The maximum atomic E-state index is 11.7. The second-order valence-corrected chi connectivity index (χ2v) is 7.40. The minimum absolute atomic E-state index is 0.0923. The number of hydrogen-bond acceptors (Lipinski definition) is 5. The summed E-state index contributed by atoms with van der Waals surface area (Å²) in [4.78, 5) is 20.3. The topological polar surface area (TPSA) is 56.7 Å². The first-order chi connectivity index (χ1) is 10.0. The SMILES string of the molecule is CN(C)C(=O)Cc1nc(CN2CC3CCC(O)C3C2)cs1. The minimum Gasteiger partial charge on any atom is -0.393 e. The standard InChI is InChI=1S/C15H23N3O2S/c1-17(2)15(20)5-14-16-11(9-21-14)7-18-6-10-3-4-13(19)12(10)8-18/h9-10,12-13,19H,3-8H2,1-2H3. The van der Waals surface area contributed by atoms with E-state index in [0.29, 0.717) is 18.3 Å². The van der Waals surface area contributed by atoms with Gasteiger partial charge in [-0.2, -0.15) is 0 Å². The highest BCUT2D eigenvalue weighted by molar-refractivity contribution is 7.09. The molecule has 1 amide bonds. The van der Waals surface area contributed by atoms with Gasteiger partial charge in [-0.1, -0.05) is 0 Å². The van der Waals surface area contributed by atoms with Gasteiger partial charge in [0.15, 0.2) is 0 Å². The van der Waals surface area contributed by atoms with Crippen molar-refractivity contribution in [2.24, 2.45) is 11.8 Å². The predicted octanol–water partition coefficient (Wildman–Crippen LogP) is 0.976. The van der Waals surface area contributed by atoms with Crippen molar-refractivity contribution in [3.63, 3.8) is 0 Å². The lowest BCUT2D eigenvalue weighted by atomic mass is 10.00. The fraction of sp³-hybridized carbons (Fsp3) is 0.733. The van der Waals surface area contributed by atoms with Gasteiger partial charge in [0.2, 0.25) is 5.91 Å². The maximum Gasteiger partial charge on any atom is 0.228 e. The number of hydrogen-bond donors (Lipinski definition) is 1. The molecule has 1 aromatic rings. The van der Waals surface area contributed by atoms with Gasteiger partial charge in [-0.05, 0) is 18.8 Å². The van der Waals surface area contributed by atoms with E-state index in [-0.39, 0.29) is 12.0 Å². The number of thiazole rings is 1. The number of aliphatic hydroxyl groups is 1. The summed E-state index contributed by atoms with van der Waals surface area (Å²) in [6.07, 6.45) is 2.41. The average Bonchev–Trinajstić information content (AvgIpc) is 3.10. The van der Waals surface area contributed by atoms with Crippen LogP contribution in [0.4, 0.5) is 0 Å². The van der Waals surface area contributed by atoms with Gasteiger partial charge in [0.05, 0.1) is 18.2 Å². The molecule has 5 nitrogen and oxygen atoms in total. The molecule has 1 aromatic heterocycles. The number of carbonyl (C=O) groups excluding carboxylic acids is 1. The Morgan fingerprint density at radius 1 is 1.48 bits per heavy atom. The summed E-state index contributed by atoms with van der Waals surface area (Å²) in [6, 6.07) is 0. The van der Waals surface area contributed by atoms with Gasteiger partial charge in [0.25, 0.3) is 0 Å². The fourth-order valence-electron chi connectivity index (χ4n) is 3.48. The molecule has 116 valence electrons. The van der Waals surface area contributed by atoms with Crippen LogP contribution >= 0.6 is 11.3 Å². The Bertz CT molecular complexity index is 517. The van der Waals surface area contributed by atoms with Crippen molar-refractivity contribution >= 4 is 17.2 Å². The maximum absolute atomic E-state index is 11.7. The van der Waals surface area contributed by atoms with E-state index in [1.807, 2.05) is 0 Å². The summed E-state index contributed by atoms with van der Waals surface area (Å²) in [5.74, 6) is 1.21. The number of likely N-dealkylation sites (tertiary alicyclic amines) is 1. The third kappa shape index (κ3) is 3.27. The van der Waals surface area contributed by atoms with Crippen molar-refractivity contribution in [2.75, 3.05) is 27.2 Å². The summed E-state index contributed by atoms with van der Waals surface area (Å²) in [5.41, 5.74) is 1.05. The van der Waals surface area contributed by atoms with Crippen molar-refractivity contribution in [3.8, 4) is 0 Å². The molecule has 0 radical (unpaired) electrons. The van der Waals surface area contributed by atoms with Gasteiger partial charge in [-0.25, -0.2) is 4.98 Å². The first-order valence-corrected chi connectivity index (χ1v) is 8.44. The molecule has 0 bridgehead atoms. The second-order valence-electron chi connectivity index (χ2n) is 6.46. The monoisotopic (exact) mass is 309 g/mol. The van der Waals surface area contributed by atoms with E-state index in [4.69, 9.17) is 0 Å². The van der Waals surface area contributed by atoms with Crippen LogP contribution in [-0.2, 0) is 17.8 Å². The Labute approximate surface area is 129 Å². The largest absolute Gasteiger partial charge is 0.393 e. The van der Waals surface area contributed by atoms with Gasteiger partial charge in [-0.3, -0.25) is 9.69 Å². The normalized spacial score (nSPS) is 28.8. The van der Waals surface area contributed by atoms with Crippen LogP contribution in [0.3, 0.4) is 0 Å². The lowest BCUT2D eigenvalue weighted by Gasteiger charge is -2.16. The van der Waals surface area contributed by atoms with Gasteiger partial charge in [0, 0.05) is 45.0 Å². The summed E-state index contributed by atoms with van der Waals surface area (Å²) in [6.45, 7) is 2.90. The summed E-state index contributed by atoms with van der Waals surface area (Å²) < 4.78 is 0. The van der Waals surface area contributed by atoms with Crippen molar-refractivity contribution in [1.82, 2.24) is 14.8 Å². The molecule has 1 aliphatic heterocycles. The molecular formula is C15H23N3O2S. The molecule has 2 aliphatic rings. The van der Waals surface area contributed by atoms with Crippen LogP contribution in [0.1, 0.15) is 23.5 Å². The van der Waals surface area contributed by atoms with Crippen molar-refractivity contribution in [2.45, 2.75) is 31.9 Å². The Morgan fingerprint density at radius 2 is 2.29 bits per heavy atom. The number of amides is 1. The van der Waals surface area contributed by atoms with Crippen LogP contribution in [0.2, 0.25) is 0 Å². The molecule has 21 heavy (non-hydrogen) atoms. The molecule has 0 spiro atoms. The zero-order valence-corrected chi connectivity index (χ0v) is 13.5. The molecule has 3 rings (SSSR count). The highest BCUT2D eigenvalue weighted by Gasteiger charge is 2.41. The quantitative estimate of drug-likeness (QED) is 0.901. The molecule has 2 fully saturated rings. The van der Waals surface area contributed by atoms with E-state index in [2.05, 4.69) is 15.3 Å². The van der Waals surface area contributed by atoms with Crippen LogP contribution in [0, 0.1) is 11.8 Å². The number of likely N-dealkylation sites (N-methyl/N-ethyl adjacent to an activating group) is 1. The first kappa shape index (κ1) is 14.9. The highest BCUT2D eigenvalue weighted by atomic mass is 32.1. The summed E-state index contributed by atoms with van der Waals surface area (Å²) in [7, 11) is 3.54. The molecule has 1 aliphatic carbocycles. The number of carbonyl (C=O) groups is 1. The lowest BCUT2D eigenvalue weighted by molar-refractivity contribution is -0.127. The summed E-state index contributed by atoms with van der Waals surface area (Å²) in [5, 5.41) is 12.9. The van der Waals surface area contributed by atoms with E-state index >= 15 is 0 Å². The second kappa shape index (κ2) is 6.02. The number of nitrogens with zero attached hydrogens (tertiary/aromatic N) is 3. The van der Waals surface area contributed by atoms with Crippen molar-refractivity contribution < 1.29 is 9.90 Å². The Morgan fingerprint density at radius 3 is 3.00 bits per heavy atom. The molecule has 1 saturated heterocycles. The molecule has 3 unspecified atom stereocenters. The van der Waals surface area contributed by atoms with Crippen molar-refractivity contribution in [1.29, 1.82) is 0 Å². The van der Waals surface area contributed by atoms with Crippen molar-refractivity contribution in [3.05, 3.63) is 16.1 Å². The van der Waals surface area contributed by atoms with Gasteiger partial charge < -0.3 is 10.0 Å². The van der Waals surface area contributed by atoms with Crippen LogP contribution in [0.15, 0.2) is 5.38 Å². The lowest BCUT2D eigenvalue weighted by Crippen LogP contribution is -2.25. The zero-order chi connectivity index (χ0) is 15.0. The predicted molar refractivity (Wildman–Crippen MR) is 82.0 cm³/mol. The molecule has 1 saturated carbocycles. The van der Waals surface area contributed by atoms with E-state index in [9.17, 15) is 9.90 Å². The minimum atomic E-state index is -0.108. The number of aliphatic hydroxyl groups excluding tert-OH is 1. The molecule has 6 heteroatoms. The van der Waals surface area contributed by atoms with Gasteiger partial charge in [0.1, 0.15) is 5.01 Å². The van der Waals surface area contributed by atoms with Crippen LogP contribution < -0.4 is 0 Å². The Kier molecular flexibility index (Phi) is 4.28. The molecule has 1 N–H and O–H groups in total. The first-order valence-electron chi connectivity index (χ1n) is 7.57. The Balaban J connectivity index is 1.55. The van der Waals surface area contributed by atoms with Crippen LogP contribution in [0.5, 0.6) is 0 Å². The van der Waals surface area contributed by atoms with Crippen LogP contribution in [-0.4, -0.2) is 59.1 Å². The van der Waals surface area contributed by atoms with E-state index in [1.165, 1.54) is 0 Å². The van der Waals surface area contributed by atoms with Gasteiger partial charge >= 0.3 is 0 Å². The summed E-state index contributed by atoms with van der Waals surface area (Å²) >= 11 is 1.57. The molecule has 3 atom stereocenters. The number of aromatic nitrogens is 1. The Hall–Kier alpha value is -0.980. The smallest absolute Gasteiger partial charge is 0.228 e. The molecular weight excluding hydrogens is 286 g/mol. The van der Waals surface area contributed by atoms with E-state index < -0.39 is 0 Å². The highest BCUT2D eigenvalue weighted by Crippen LogP contribution is 2.38. The number of rotatable bonds is 4. The molecule has 2 heterocycles. The van der Waals surface area contributed by atoms with Gasteiger partial charge in [-0.15, -0.1) is 11.3 Å². The number of fused-ring (bicyclic) bond motifs is 1. The zero-order valence-electron chi connectivity index (χ0n) is 12.7.